The molecule has 2 rings (SSSR count). The van der Waals surface area contributed by atoms with E-state index in [2.05, 4.69) is 10.2 Å². The first-order valence-corrected chi connectivity index (χ1v) is 6.68. The van der Waals surface area contributed by atoms with E-state index in [1.807, 2.05) is 0 Å². The van der Waals surface area contributed by atoms with Crippen LogP contribution in [0.3, 0.4) is 0 Å². The summed E-state index contributed by atoms with van der Waals surface area (Å²) in [6.07, 6.45) is 0. The van der Waals surface area contributed by atoms with Crippen molar-refractivity contribution in [2.45, 2.75) is 0 Å². The number of amides is 1. The van der Waals surface area contributed by atoms with Crippen LogP contribution in [0.1, 0.15) is 10.4 Å². The molecule has 0 bridgehead atoms. The van der Waals surface area contributed by atoms with Gasteiger partial charge in [-0.15, -0.1) is 0 Å². The molecule has 5 nitrogen and oxygen atoms in total. The molecule has 0 saturated carbocycles. The Hall–Kier alpha value is -1.30. The number of nitrogens with two attached hydrogens (primary N) is 1. The zero-order valence-electron chi connectivity index (χ0n) is 10.7. The first-order valence-electron chi connectivity index (χ1n) is 6.30. The molecule has 1 aromatic rings. The Morgan fingerprint density at radius 1 is 1.42 bits per heavy atom. The Kier molecular flexibility index (Phi) is 5.01. The first-order chi connectivity index (χ1) is 9.16. The Bertz CT molecular complexity index is 448. The van der Waals surface area contributed by atoms with E-state index in [0.29, 0.717) is 22.8 Å². The fourth-order valence-corrected chi connectivity index (χ4v) is 2.24. The molecule has 1 saturated heterocycles. The van der Waals surface area contributed by atoms with Gasteiger partial charge in [-0.05, 0) is 18.2 Å². The molecule has 19 heavy (non-hydrogen) atoms. The van der Waals surface area contributed by atoms with Gasteiger partial charge in [0.2, 0.25) is 0 Å². The van der Waals surface area contributed by atoms with E-state index in [4.69, 9.17) is 22.1 Å². The van der Waals surface area contributed by atoms with E-state index < -0.39 is 0 Å². The molecule has 1 aliphatic rings. The second-order valence-electron chi connectivity index (χ2n) is 4.45. The highest BCUT2D eigenvalue weighted by Crippen LogP contribution is 2.18. The molecule has 0 unspecified atom stereocenters. The summed E-state index contributed by atoms with van der Waals surface area (Å²) < 4.78 is 5.27. The number of halogens is 1. The number of rotatable bonds is 4. The molecular weight excluding hydrogens is 266 g/mol. The molecule has 6 heteroatoms. The lowest BCUT2D eigenvalue weighted by atomic mass is 10.2. The van der Waals surface area contributed by atoms with Crippen molar-refractivity contribution in [1.82, 2.24) is 10.2 Å². The summed E-state index contributed by atoms with van der Waals surface area (Å²) in [5, 5.41) is 3.24. The minimum absolute atomic E-state index is 0.168. The highest BCUT2D eigenvalue weighted by atomic mass is 35.5. The number of hydrogen-bond donors (Lipinski definition) is 2. The predicted molar refractivity (Wildman–Crippen MR) is 75.5 cm³/mol. The Morgan fingerprint density at radius 2 is 2.16 bits per heavy atom. The maximum atomic E-state index is 11.9. The smallest absolute Gasteiger partial charge is 0.252 e. The van der Waals surface area contributed by atoms with Gasteiger partial charge in [-0.3, -0.25) is 9.69 Å². The second kappa shape index (κ2) is 6.75. The summed E-state index contributed by atoms with van der Waals surface area (Å²) in [7, 11) is 0. The number of benzene rings is 1. The summed E-state index contributed by atoms with van der Waals surface area (Å²) in [6, 6.07) is 4.89. The highest BCUT2D eigenvalue weighted by Gasteiger charge is 2.12. The van der Waals surface area contributed by atoms with Crippen LogP contribution in [0.25, 0.3) is 0 Å². The Labute approximate surface area is 117 Å². The maximum Gasteiger partial charge on any atom is 0.252 e. The van der Waals surface area contributed by atoms with Gasteiger partial charge in [0, 0.05) is 31.9 Å². The van der Waals surface area contributed by atoms with Gasteiger partial charge in [0.25, 0.3) is 5.91 Å². The lowest BCUT2D eigenvalue weighted by molar-refractivity contribution is 0.0383. The largest absolute Gasteiger partial charge is 0.399 e. The number of morpholine rings is 1. The Morgan fingerprint density at radius 3 is 2.84 bits per heavy atom. The topological polar surface area (TPSA) is 67.6 Å². The number of nitrogen functional groups attached to an aromatic ring is 1. The van der Waals surface area contributed by atoms with Gasteiger partial charge in [-0.2, -0.15) is 0 Å². The third kappa shape index (κ3) is 4.09. The summed E-state index contributed by atoms with van der Waals surface area (Å²) in [6.45, 7) is 4.77. The summed E-state index contributed by atoms with van der Waals surface area (Å²) in [5.74, 6) is -0.168. The van der Waals surface area contributed by atoms with Crippen LogP contribution < -0.4 is 11.1 Å². The highest BCUT2D eigenvalue weighted by molar-refractivity contribution is 6.34. The molecule has 0 aliphatic carbocycles. The molecule has 0 atom stereocenters. The zero-order valence-corrected chi connectivity index (χ0v) is 11.4. The monoisotopic (exact) mass is 283 g/mol. The van der Waals surface area contributed by atoms with Crippen LogP contribution in [0.2, 0.25) is 5.02 Å². The molecule has 1 amide bonds. The fraction of sp³-hybridized carbons (Fsp3) is 0.462. The number of ether oxygens (including phenoxy) is 1. The van der Waals surface area contributed by atoms with Crippen LogP contribution in [0.4, 0.5) is 5.69 Å². The Balaban J connectivity index is 1.80. The molecule has 1 aromatic carbocycles. The van der Waals surface area contributed by atoms with Crippen molar-refractivity contribution in [3.05, 3.63) is 28.8 Å². The molecule has 0 radical (unpaired) electrons. The molecule has 1 heterocycles. The average molecular weight is 284 g/mol. The van der Waals surface area contributed by atoms with Crippen LogP contribution in [0.15, 0.2) is 18.2 Å². The summed E-state index contributed by atoms with van der Waals surface area (Å²) >= 11 is 5.98. The van der Waals surface area contributed by atoms with Gasteiger partial charge < -0.3 is 15.8 Å². The van der Waals surface area contributed by atoms with Crippen LogP contribution in [-0.2, 0) is 4.74 Å². The number of anilines is 1. The maximum absolute atomic E-state index is 11.9. The van der Waals surface area contributed by atoms with Crippen LogP contribution >= 0.6 is 11.6 Å². The van der Waals surface area contributed by atoms with Crippen molar-refractivity contribution in [3.63, 3.8) is 0 Å². The van der Waals surface area contributed by atoms with Gasteiger partial charge >= 0.3 is 0 Å². The molecule has 1 aliphatic heterocycles. The van der Waals surface area contributed by atoms with Crippen LogP contribution in [0, 0.1) is 0 Å². The van der Waals surface area contributed by atoms with Crippen molar-refractivity contribution < 1.29 is 9.53 Å². The lowest BCUT2D eigenvalue weighted by Gasteiger charge is -2.26. The van der Waals surface area contributed by atoms with Gasteiger partial charge in [0.05, 0.1) is 23.8 Å². The number of carbonyl (C=O) groups is 1. The van der Waals surface area contributed by atoms with Gasteiger partial charge in [-0.1, -0.05) is 11.6 Å². The zero-order chi connectivity index (χ0) is 13.7. The SMILES string of the molecule is Nc1ccc(C(=O)NCCN2CCOCC2)c(Cl)c1. The quantitative estimate of drug-likeness (QED) is 0.809. The van der Waals surface area contributed by atoms with E-state index >= 15 is 0 Å². The fourth-order valence-electron chi connectivity index (χ4n) is 1.96. The van der Waals surface area contributed by atoms with E-state index in [1.165, 1.54) is 0 Å². The first kappa shape index (κ1) is 14.1. The number of nitrogens with one attached hydrogen (secondary N) is 1. The molecule has 0 aromatic heterocycles. The third-order valence-electron chi connectivity index (χ3n) is 3.06. The average Bonchev–Trinajstić information content (AvgIpc) is 2.39. The minimum Gasteiger partial charge on any atom is -0.399 e. The van der Waals surface area contributed by atoms with Crippen molar-refractivity contribution in [3.8, 4) is 0 Å². The van der Waals surface area contributed by atoms with Crippen molar-refractivity contribution >= 4 is 23.2 Å². The molecule has 0 spiro atoms. The normalized spacial score (nSPS) is 16.3. The van der Waals surface area contributed by atoms with E-state index in [1.54, 1.807) is 18.2 Å². The second-order valence-corrected chi connectivity index (χ2v) is 4.86. The summed E-state index contributed by atoms with van der Waals surface area (Å²) in [5.41, 5.74) is 6.60. The van der Waals surface area contributed by atoms with Crippen molar-refractivity contribution in [2.24, 2.45) is 0 Å². The molecule has 104 valence electrons. The van der Waals surface area contributed by atoms with E-state index in [9.17, 15) is 4.79 Å². The molecular formula is C13H18ClN3O2. The number of hydrogen-bond acceptors (Lipinski definition) is 4. The van der Waals surface area contributed by atoms with Gasteiger partial charge in [0.15, 0.2) is 0 Å². The predicted octanol–water partition coefficient (Wildman–Crippen LogP) is 0.984. The number of nitrogens with zero attached hydrogens (tertiary/aromatic N) is 1. The minimum atomic E-state index is -0.168. The van der Waals surface area contributed by atoms with Gasteiger partial charge in [0.1, 0.15) is 0 Å². The van der Waals surface area contributed by atoms with Crippen LogP contribution in [-0.4, -0.2) is 50.2 Å². The van der Waals surface area contributed by atoms with Crippen molar-refractivity contribution in [1.29, 1.82) is 0 Å². The summed E-state index contributed by atoms with van der Waals surface area (Å²) in [4.78, 5) is 14.2. The number of carbonyl (C=O) groups excluding carboxylic acids is 1. The van der Waals surface area contributed by atoms with E-state index in [-0.39, 0.29) is 5.91 Å². The van der Waals surface area contributed by atoms with Crippen molar-refractivity contribution in [2.75, 3.05) is 45.1 Å². The molecule has 3 N–H and O–H groups in total. The van der Waals surface area contributed by atoms with E-state index in [0.717, 1.165) is 32.8 Å². The standard InChI is InChI=1S/C13H18ClN3O2/c14-12-9-10(15)1-2-11(12)13(18)16-3-4-17-5-7-19-8-6-17/h1-2,9H,3-8,15H2,(H,16,18). The molecule has 1 fully saturated rings. The van der Waals surface area contributed by atoms with Gasteiger partial charge in [-0.25, -0.2) is 0 Å². The third-order valence-corrected chi connectivity index (χ3v) is 3.37. The van der Waals surface area contributed by atoms with Crippen LogP contribution in [0.5, 0.6) is 0 Å². The lowest BCUT2D eigenvalue weighted by Crippen LogP contribution is -2.41.